The first kappa shape index (κ1) is 19.2. The van der Waals surface area contributed by atoms with E-state index in [-0.39, 0.29) is 17.3 Å². The largest absolute Gasteiger partial charge is 0.321 e. The standard InChI is InChI=1S/C19H14N6O4S/c1-11(26)20-19-22-15-6-5-12(9-17(15)30-19)21-18(27)16-7-8-24(23-16)13-3-2-4-14(10-13)25(28)29/h2-10H,1H3,(H,21,27)(H,20,22,26). The maximum atomic E-state index is 12.6. The second-order valence-corrected chi connectivity index (χ2v) is 7.29. The molecule has 30 heavy (non-hydrogen) atoms. The van der Waals surface area contributed by atoms with Crippen molar-refractivity contribution in [3.8, 4) is 5.69 Å². The highest BCUT2D eigenvalue weighted by Crippen LogP contribution is 2.28. The van der Waals surface area contributed by atoms with E-state index in [1.165, 1.54) is 41.1 Å². The number of benzene rings is 2. The van der Waals surface area contributed by atoms with Gasteiger partial charge in [-0.1, -0.05) is 17.4 Å². The molecule has 0 radical (unpaired) electrons. The SMILES string of the molecule is CC(=O)Nc1nc2ccc(NC(=O)c3ccn(-c4cccc([N+](=O)[O-])c4)n3)cc2s1. The Morgan fingerprint density at radius 2 is 1.97 bits per heavy atom. The number of hydrogen-bond donors (Lipinski definition) is 2. The van der Waals surface area contributed by atoms with Crippen molar-refractivity contribution in [2.24, 2.45) is 0 Å². The van der Waals surface area contributed by atoms with E-state index in [0.29, 0.717) is 22.0 Å². The molecular formula is C19H14N6O4S. The molecule has 0 bridgehead atoms. The number of carbonyl (C=O) groups is 2. The average molecular weight is 422 g/mol. The van der Waals surface area contributed by atoms with Crippen molar-refractivity contribution in [1.29, 1.82) is 0 Å². The Morgan fingerprint density at radius 1 is 1.13 bits per heavy atom. The third-order valence-electron chi connectivity index (χ3n) is 4.06. The zero-order valence-corrected chi connectivity index (χ0v) is 16.3. The van der Waals surface area contributed by atoms with Gasteiger partial charge in [0.05, 0.1) is 20.8 Å². The van der Waals surface area contributed by atoms with E-state index >= 15 is 0 Å². The zero-order chi connectivity index (χ0) is 21.3. The van der Waals surface area contributed by atoms with Gasteiger partial charge in [-0.3, -0.25) is 19.7 Å². The molecule has 0 aliphatic carbocycles. The van der Waals surface area contributed by atoms with Gasteiger partial charge in [-0.2, -0.15) is 5.10 Å². The normalized spacial score (nSPS) is 10.7. The highest BCUT2D eigenvalue weighted by Gasteiger charge is 2.13. The molecule has 0 unspecified atom stereocenters. The third kappa shape index (κ3) is 4.00. The van der Waals surface area contributed by atoms with E-state index < -0.39 is 10.8 Å². The summed E-state index contributed by atoms with van der Waals surface area (Å²) in [4.78, 5) is 38.5. The van der Waals surface area contributed by atoms with Crippen LogP contribution in [-0.2, 0) is 4.79 Å². The van der Waals surface area contributed by atoms with Gasteiger partial charge in [0, 0.05) is 30.9 Å². The summed E-state index contributed by atoms with van der Waals surface area (Å²) in [6, 6.07) is 12.7. The van der Waals surface area contributed by atoms with Gasteiger partial charge < -0.3 is 10.6 Å². The van der Waals surface area contributed by atoms with E-state index in [1.807, 2.05) is 0 Å². The Morgan fingerprint density at radius 3 is 2.73 bits per heavy atom. The van der Waals surface area contributed by atoms with E-state index in [2.05, 4.69) is 20.7 Å². The lowest BCUT2D eigenvalue weighted by Crippen LogP contribution is -2.13. The van der Waals surface area contributed by atoms with Gasteiger partial charge in [-0.25, -0.2) is 9.67 Å². The quantitative estimate of drug-likeness (QED) is 0.373. The summed E-state index contributed by atoms with van der Waals surface area (Å²) in [6.45, 7) is 1.41. The minimum Gasteiger partial charge on any atom is -0.321 e. The Kier molecular flexibility index (Phi) is 4.94. The molecule has 0 saturated carbocycles. The summed E-state index contributed by atoms with van der Waals surface area (Å²) >= 11 is 1.30. The Labute approximate surface area is 173 Å². The molecule has 2 aromatic heterocycles. The Hall–Kier alpha value is -4.12. The molecule has 0 fully saturated rings. The number of nitro groups is 1. The number of thiazole rings is 1. The fourth-order valence-electron chi connectivity index (χ4n) is 2.74. The van der Waals surface area contributed by atoms with E-state index in [4.69, 9.17) is 0 Å². The highest BCUT2D eigenvalue weighted by atomic mass is 32.1. The van der Waals surface area contributed by atoms with Crippen LogP contribution in [0.15, 0.2) is 54.7 Å². The first-order valence-corrected chi connectivity index (χ1v) is 9.51. The van der Waals surface area contributed by atoms with Gasteiger partial charge in [-0.15, -0.1) is 0 Å². The lowest BCUT2D eigenvalue weighted by atomic mass is 10.3. The van der Waals surface area contributed by atoms with Crippen LogP contribution in [0.4, 0.5) is 16.5 Å². The molecule has 4 aromatic rings. The fraction of sp³-hybridized carbons (Fsp3) is 0.0526. The van der Waals surface area contributed by atoms with Crippen LogP contribution in [0.3, 0.4) is 0 Å². The molecule has 11 heteroatoms. The van der Waals surface area contributed by atoms with Crippen molar-refractivity contribution in [1.82, 2.24) is 14.8 Å². The third-order valence-corrected chi connectivity index (χ3v) is 4.99. The van der Waals surface area contributed by atoms with Crippen LogP contribution in [0.25, 0.3) is 15.9 Å². The first-order valence-electron chi connectivity index (χ1n) is 8.69. The molecule has 150 valence electrons. The molecular weight excluding hydrogens is 408 g/mol. The first-order chi connectivity index (χ1) is 14.4. The molecule has 2 N–H and O–H groups in total. The van der Waals surface area contributed by atoms with Crippen LogP contribution in [0.1, 0.15) is 17.4 Å². The number of hydrogen-bond acceptors (Lipinski definition) is 7. The van der Waals surface area contributed by atoms with Crippen molar-refractivity contribution >= 4 is 49.9 Å². The molecule has 2 heterocycles. The number of nitrogens with one attached hydrogen (secondary N) is 2. The Balaban J connectivity index is 1.52. The van der Waals surface area contributed by atoms with Crippen molar-refractivity contribution in [2.45, 2.75) is 6.92 Å². The van der Waals surface area contributed by atoms with Crippen LogP contribution in [0.5, 0.6) is 0 Å². The van der Waals surface area contributed by atoms with Crippen LogP contribution >= 0.6 is 11.3 Å². The molecule has 4 rings (SSSR count). The van der Waals surface area contributed by atoms with Gasteiger partial charge in [-0.05, 0) is 30.3 Å². The van der Waals surface area contributed by atoms with Crippen LogP contribution in [-0.4, -0.2) is 31.5 Å². The molecule has 2 amide bonds. The number of aromatic nitrogens is 3. The zero-order valence-electron chi connectivity index (χ0n) is 15.5. The molecule has 2 aromatic carbocycles. The number of rotatable bonds is 5. The fourth-order valence-corrected chi connectivity index (χ4v) is 3.69. The van der Waals surface area contributed by atoms with Crippen molar-refractivity contribution in [3.05, 3.63) is 70.5 Å². The van der Waals surface area contributed by atoms with Crippen LogP contribution in [0.2, 0.25) is 0 Å². The topological polar surface area (TPSA) is 132 Å². The monoisotopic (exact) mass is 422 g/mol. The van der Waals surface area contributed by atoms with Crippen LogP contribution < -0.4 is 10.6 Å². The van der Waals surface area contributed by atoms with E-state index in [1.54, 1.807) is 36.5 Å². The average Bonchev–Trinajstić information content (AvgIpc) is 3.34. The number of nitro benzene ring substituents is 1. The lowest BCUT2D eigenvalue weighted by Gasteiger charge is -2.03. The molecule has 0 aliphatic rings. The smallest absolute Gasteiger partial charge is 0.276 e. The summed E-state index contributed by atoms with van der Waals surface area (Å²) < 4.78 is 2.20. The molecule has 0 atom stereocenters. The summed E-state index contributed by atoms with van der Waals surface area (Å²) in [5.74, 6) is -0.632. The Bertz CT molecular complexity index is 1300. The predicted octanol–water partition coefficient (Wildman–Crippen LogP) is 3.60. The molecule has 10 nitrogen and oxygen atoms in total. The second kappa shape index (κ2) is 7.72. The van der Waals surface area contributed by atoms with Gasteiger partial charge >= 0.3 is 0 Å². The van der Waals surface area contributed by atoms with Gasteiger partial charge in [0.15, 0.2) is 10.8 Å². The molecule has 0 saturated heterocycles. The second-order valence-electron chi connectivity index (χ2n) is 6.26. The van der Waals surface area contributed by atoms with Crippen molar-refractivity contribution in [2.75, 3.05) is 10.6 Å². The summed E-state index contributed by atoms with van der Waals surface area (Å²) in [5.41, 5.74) is 1.82. The van der Waals surface area contributed by atoms with Gasteiger partial charge in [0.2, 0.25) is 5.91 Å². The van der Waals surface area contributed by atoms with Crippen molar-refractivity contribution in [3.63, 3.8) is 0 Å². The van der Waals surface area contributed by atoms with E-state index in [9.17, 15) is 19.7 Å². The number of amides is 2. The number of fused-ring (bicyclic) bond motifs is 1. The van der Waals surface area contributed by atoms with Gasteiger partial charge in [0.1, 0.15) is 0 Å². The molecule has 0 aliphatic heterocycles. The number of nitrogens with zero attached hydrogens (tertiary/aromatic N) is 4. The number of non-ortho nitro benzene ring substituents is 1. The minimum absolute atomic E-state index is 0.0644. The van der Waals surface area contributed by atoms with Crippen LogP contribution in [0, 0.1) is 10.1 Å². The minimum atomic E-state index is -0.493. The predicted molar refractivity (Wildman–Crippen MR) is 112 cm³/mol. The lowest BCUT2D eigenvalue weighted by molar-refractivity contribution is -0.384. The summed E-state index contributed by atoms with van der Waals surface area (Å²) in [5, 5.41) is 21.0. The van der Waals surface area contributed by atoms with Gasteiger partial charge in [0.25, 0.3) is 11.6 Å². The number of anilines is 2. The van der Waals surface area contributed by atoms with Crippen molar-refractivity contribution < 1.29 is 14.5 Å². The molecule has 0 spiro atoms. The van der Waals surface area contributed by atoms with E-state index in [0.717, 1.165) is 4.70 Å². The summed E-state index contributed by atoms with van der Waals surface area (Å²) in [6.07, 6.45) is 1.56. The summed E-state index contributed by atoms with van der Waals surface area (Å²) in [7, 11) is 0. The highest BCUT2D eigenvalue weighted by molar-refractivity contribution is 7.22. The number of carbonyl (C=O) groups excluding carboxylic acids is 2. The maximum absolute atomic E-state index is 12.6. The maximum Gasteiger partial charge on any atom is 0.276 e.